The van der Waals surface area contributed by atoms with E-state index in [2.05, 4.69) is 103 Å². The summed E-state index contributed by atoms with van der Waals surface area (Å²) in [6.07, 6.45) is 87.2. The molecule has 432 valence electrons. The lowest BCUT2D eigenvalue weighted by atomic mass is 9.51. The number of ether oxygens (including phenoxy) is 2. The Bertz CT molecular complexity index is 2970. The molecule has 17 rings (SSSR count). The molecule has 5 saturated carbocycles. The third-order valence-electron chi connectivity index (χ3n) is 27.5. The van der Waals surface area contributed by atoms with Crippen LogP contribution in [0.5, 0.6) is 0 Å². The molecule has 0 amide bonds. The lowest BCUT2D eigenvalue weighted by Crippen LogP contribution is -2.46. The molecular weight excluding hydrogens is 993 g/mol. The molecule has 1 saturated heterocycles. The Morgan fingerprint density at radius 3 is 2.34 bits per heavy atom. The maximum atomic E-state index is 7.43. The molecule has 2 nitrogen and oxygen atoms in total. The molecular formula is C80H100O2. The minimum atomic E-state index is 0.312. The summed E-state index contributed by atoms with van der Waals surface area (Å²) in [5, 5.41) is 0. The molecule has 0 radical (unpaired) electrons. The molecule has 19 atom stereocenters. The van der Waals surface area contributed by atoms with Crippen LogP contribution in [-0.4, -0.2) is 12.2 Å². The highest BCUT2D eigenvalue weighted by atomic mass is 16.5. The summed E-state index contributed by atoms with van der Waals surface area (Å²) in [7, 11) is 0. The van der Waals surface area contributed by atoms with Gasteiger partial charge in [-0.15, -0.1) is 0 Å². The first-order valence-electron chi connectivity index (χ1n) is 35.7. The van der Waals surface area contributed by atoms with E-state index in [1.165, 1.54) is 191 Å². The van der Waals surface area contributed by atoms with Gasteiger partial charge in [-0.1, -0.05) is 128 Å². The van der Waals surface area contributed by atoms with E-state index >= 15 is 0 Å². The minimum Gasteiger partial charge on any atom is -0.461 e. The molecule has 15 aliphatic carbocycles. The SMILES string of the molecule is C1=CC2=C(C3=CC=C4OC5=C(CCC=C5)C4C3)C3CCCCC3C(C3CCC(C4C=CC(C5=CCCC6C5OC5CCC(C7C8CCC=CC8=C(C8CCCC(C9C=C%10CCCCC%10CC9)C8)C8CC=CCC87)CC56)=CC4)CC3)C2C=C1. The van der Waals surface area contributed by atoms with Crippen LogP contribution in [0, 0.1) is 112 Å². The Morgan fingerprint density at radius 1 is 0.500 bits per heavy atom. The van der Waals surface area contributed by atoms with E-state index in [1.807, 2.05) is 16.7 Å². The molecule has 0 aromatic heterocycles. The monoisotopic (exact) mass is 1090 g/mol. The van der Waals surface area contributed by atoms with Crippen LogP contribution in [0.4, 0.5) is 0 Å². The summed E-state index contributed by atoms with van der Waals surface area (Å²) in [6.45, 7) is 0. The fourth-order valence-corrected chi connectivity index (χ4v) is 24.1. The first-order chi connectivity index (χ1) is 40.6. The van der Waals surface area contributed by atoms with Gasteiger partial charge in [0.1, 0.15) is 11.5 Å². The van der Waals surface area contributed by atoms with Crippen molar-refractivity contribution < 1.29 is 9.47 Å². The molecule has 19 unspecified atom stereocenters. The standard InChI is InChI=1S/C80H100O2/c1-2-16-54-45-56(40-35-49(54)15-1)55-17-13-18-57(46-55)77-66-24-7-9-26-68(66)79(69-27-10-8-25-67(69)77)59-42-44-75-72(48-59)70-29-14-28-60(80(70)82-75)52-36-31-50(32-37-52)51-33-38-53(39-34-51)76-62-20-3-5-22-64(62)78(65-23-6-4-21-63(65)76)58-41-43-74-71(47-58)61-19-11-12-30-73(61)81-74/h3,5,7-9,12,20,22,25,28,30-31,36-37,41,43,45,49-51,53,55-57,59,62-63,65-66,68-72,75-76,79-80H,1-2,4,6,10-11,13-19,21,23-24,26-27,29,32-35,38-40,42,44,46-48H2. The van der Waals surface area contributed by atoms with Gasteiger partial charge in [0.15, 0.2) is 0 Å². The smallest absolute Gasteiger partial charge is 0.126 e. The Morgan fingerprint density at radius 2 is 1.39 bits per heavy atom. The van der Waals surface area contributed by atoms with Crippen molar-refractivity contribution in [3.8, 4) is 0 Å². The average molecular weight is 1090 g/mol. The van der Waals surface area contributed by atoms with Crippen LogP contribution in [0.2, 0.25) is 0 Å². The predicted octanol–water partition coefficient (Wildman–Crippen LogP) is 20.6. The molecule has 0 N–H and O–H groups in total. The second-order valence-corrected chi connectivity index (χ2v) is 30.9. The van der Waals surface area contributed by atoms with Gasteiger partial charge in [0.2, 0.25) is 0 Å². The normalized spacial score (nSPS) is 45.4. The van der Waals surface area contributed by atoms with E-state index in [1.54, 1.807) is 27.9 Å². The van der Waals surface area contributed by atoms with E-state index in [9.17, 15) is 0 Å². The van der Waals surface area contributed by atoms with Gasteiger partial charge in [0, 0.05) is 11.8 Å². The first kappa shape index (κ1) is 52.4. The van der Waals surface area contributed by atoms with Crippen molar-refractivity contribution >= 4 is 0 Å². The van der Waals surface area contributed by atoms with Crippen LogP contribution in [0.1, 0.15) is 199 Å². The van der Waals surface area contributed by atoms with Gasteiger partial charge in [-0.3, -0.25) is 0 Å². The van der Waals surface area contributed by atoms with Crippen molar-refractivity contribution in [1.82, 2.24) is 0 Å². The van der Waals surface area contributed by atoms with E-state index in [0.29, 0.717) is 35.9 Å². The van der Waals surface area contributed by atoms with Crippen LogP contribution in [0.25, 0.3) is 0 Å². The molecule has 0 bridgehead atoms. The Hall–Kier alpha value is -3.88. The van der Waals surface area contributed by atoms with Crippen LogP contribution in [0.15, 0.2) is 165 Å². The van der Waals surface area contributed by atoms with Crippen molar-refractivity contribution in [3.05, 3.63) is 165 Å². The third-order valence-corrected chi connectivity index (χ3v) is 27.5. The second-order valence-electron chi connectivity index (χ2n) is 30.9. The zero-order valence-electron chi connectivity index (χ0n) is 50.2. The molecule has 0 aromatic rings. The highest BCUT2D eigenvalue weighted by Crippen LogP contribution is 2.63. The van der Waals surface area contributed by atoms with Gasteiger partial charge in [-0.05, 0) is 325 Å². The largest absolute Gasteiger partial charge is 0.461 e. The molecule has 2 aliphatic heterocycles. The lowest BCUT2D eigenvalue weighted by molar-refractivity contribution is -0.00428. The maximum Gasteiger partial charge on any atom is 0.126 e. The molecule has 2 heteroatoms. The summed E-state index contributed by atoms with van der Waals surface area (Å²) in [6, 6.07) is 0. The van der Waals surface area contributed by atoms with E-state index < -0.39 is 0 Å². The van der Waals surface area contributed by atoms with Gasteiger partial charge in [0.25, 0.3) is 0 Å². The Balaban J connectivity index is 0.554. The topological polar surface area (TPSA) is 18.5 Å². The molecule has 0 spiro atoms. The van der Waals surface area contributed by atoms with Crippen LogP contribution in [0.3, 0.4) is 0 Å². The van der Waals surface area contributed by atoms with Crippen molar-refractivity contribution in [2.75, 3.05) is 0 Å². The number of fused-ring (bicyclic) bond motifs is 10. The highest BCUT2D eigenvalue weighted by Gasteiger charge is 2.55. The van der Waals surface area contributed by atoms with Crippen molar-refractivity contribution in [2.45, 2.75) is 211 Å². The van der Waals surface area contributed by atoms with Gasteiger partial charge in [-0.25, -0.2) is 0 Å². The van der Waals surface area contributed by atoms with Crippen molar-refractivity contribution in [3.63, 3.8) is 0 Å². The van der Waals surface area contributed by atoms with Gasteiger partial charge < -0.3 is 9.47 Å². The van der Waals surface area contributed by atoms with E-state index in [0.717, 1.165) is 114 Å². The summed E-state index contributed by atoms with van der Waals surface area (Å²) in [5.74, 6) is 17.2. The number of allylic oxidation sites excluding steroid dienone is 24. The Labute approximate surface area is 495 Å². The number of rotatable bonds is 7. The van der Waals surface area contributed by atoms with Crippen LogP contribution in [-0.2, 0) is 9.47 Å². The highest BCUT2D eigenvalue weighted by molar-refractivity contribution is 5.54. The van der Waals surface area contributed by atoms with Crippen LogP contribution < -0.4 is 0 Å². The van der Waals surface area contributed by atoms with Crippen molar-refractivity contribution in [2.24, 2.45) is 112 Å². The summed E-state index contributed by atoms with van der Waals surface area (Å²) in [5.41, 5.74) is 15.6. The van der Waals surface area contributed by atoms with Gasteiger partial charge in [0.05, 0.1) is 12.2 Å². The molecule has 2 heterocycles. The molecule has 0 aromatic carbocycles. The van der Waals surface area contributed by atoms with Crippen molar-refractivity contribution in [1.29, 1.82) is 0 Å². The first-order valence-corrected chi connectivity index (χ1v) is 35.7. The lowest BCUT2D eigenvalue weighted by Gasteiger charge is -2.54. The fourth-order valence-electron chi connectivity index (χ4n) is 24.1. The fraction of sp³-hybridized carbons (Fsp3) is 0.650. The van der Waals surface area contributed by atoms with Gasteiger partial charge in [-0.2, -0.15) is 0 Å². The number of hydrogen-bond acceptors (Lipinski definition) is 2. The van der Waals surface area contributed by atoms with E-state index in [4.69, 9.17) is 9.47 Å². The summed E-state index contributed by atoms with van der Waals surface area (Å²) < 4.78 is 13.9. The van der Waals surface area contributed by atoms with Gasteiger partial charge >= 0.3 is 0 Å². The van der Waals surface area contributed by atoms with E-state index in [-0.39, 0.29) is 0 Å². The predicted molar refractivity (Wildman–Crippen MR) is 336 cm³/mol. The summed E-state index contributed by atoms with van der Waals surface area (Å²) in [4.78, 5) is 0. The van der Waals surface area contributed by atoms with Crippen LogP contribution >= 0.6 is 0 Å². The maximum absolute atomic E-state index is 7.43. The second kappa shape index (κ2) is 22.1. The Kier molecular flexibility index (Phi) is 14.2. The molecule has 82 heavy (non-hydrogen) atoms. The molecule has 6 fully saturated rings. The zero-order chi connectivity index (χ0) is 53.8. The summed E-state index contributed by atoms with van der Waals surface area (Å²) >= 11 is 0. The minimum absolute atomic E-state index is 0.312. The average Bonchev–Trinajstić information content (AvgIpc) is 2.47. The quantitative estimate of drug-likeness (QED) is 0.237. The zero-order valence-corrected chi connectivity index (χ0v) is 50.2. The molecule has 17 aliphatic rings. The third kappa shape index (κ3) is 9.11. The number of hydrogen-bond donors (Lipinski definition) is 0.